The zero-order chi connectivity index (χ0) is 22.4. The van der Waals surface area contributed by atoms with Gasteiger partial charge in [0, 0.05) is 31.3 Å². The van der Waals surface area contributed by atoms with Crippen LogP contribution in [0.15, 0.2) is 36.4 Å². The topological polar surface area (TPSA) is 88.7 Å². The summed E-state index contributed by atoms with van der Waals surface area (Å²) in [4.78, 5) is 25.0. The van der Waals surface area contributed by atoms with E-state index in [1.165, 1.54) is 30.9 Å². The summed E-state index contributed by atoms with van der Waals surface area (Å²) in [7, 11) is 3.02. The molecule has 3 N–H and O–H groups in total. The SMILES string of the molecule is COC(CNC(=O)c1ccc2c(c1)NC(=O)[C@H](CSCc1cc(C)ccc1C)N2)OC. The molecule has 2 aromatic carbocycles. The minimum atomic E-state index is -0.509. The second kappa shape index (κ2) is 10.7. The lowest BCUT2D eigenvalue weighted by Crippen LogP contribution is -2.41. The number of thioether (sulfide) groups is 1. The molecule has 0 saturated carbocycles. The first kappa shape index (κ1) is 23.1. The third-order valence-electron chi connectivity index (χ3n) is 5.19. The van der Waals surface area contributed by atoms with Crippen LogP contribution in [0.1, 0.15) is 27.0 Å². The summed E-state index contributed by atoms with van der Waals surface area (Å²) in [5.74, 6) is 1.14. The number of aryl methyl sites for hydroxylation is 2. The monoisotopic (exact) mass is 443 g/mol. The zero-order valence-electron chi connectivity index (χ0n) is 18.3. The minimum absolute atomic E-state index is 0.0997. The van der Waals surface area contributed by atoms with E-state index in [2.05, 4.69) is 48.0 Å². The Kier molecular flexibility index (Phi) is 7.95. The lowest BCUT2D eigenvalue weighted by molar-refractivity contribution is -0.116. The number of benzene rings is 2. The molecule has 2 amide bonds. The Balaban J connectivity index is 1.57. The van der Waals surface area contributed by atoms with E-state index in [0.717, 1.165) is 11.4 Å². The molecule has 166 valence electrons. The standard InChI is InChI=1S/C23H29N3O4S/c1-14-5-6-15(2)17(9-14)12-31-13-20-23(28)26-19-10-16(7-8-18(19)25-20)22(27)24-11-21(29-3)30-4/h5-10,20-21,25H,11-13H2,1-4H3,(H,24,27)(H,26,28)/t20-/m0/s1. The fourth-order valence-corrected chi connectivity index (χ4v) is 4.41. The number of rotatable bonds is 9. The molecule has 0 aliphatic carbocycles. The summed E-state index contributed by atoms with van der Waals surface area (Å²) in [5, 5.41) is 8.96. The maximum absolute atomic E-state index is 12.6. The van der Waals surface area contributed by atoms with Crippen LogP contribution in [0.4, 0.5) is 11.4 Å². The van der Waals surface area contributed by atoms with E-state index in [4.69, 9.17) is 9.47 Å². The molecule has 0 aromatic heterocycles. The van der Waals surface area contributed by atoms with Gasteiger partial charge in [-0.3, -0.25) is 9.59 Å². The van der Waals surface area contributed by atoms with Crippen molar-refractivity contribution >= 4 is 35.0 Å². The second-order valence-electron chi connectivity index (χ2n) is 7.50. The number of anilines is 2. The zero-order valence-corrected chi connectivity index (χ0v) is 19.1. The molecule has 0 unspecified atom stereocenters. The molecule has 7 nitrogen and oxygen atoms in total. The lowest BCUT2D eigenvalue weighted by atomic mass is 10.1. The molecule has 2 aromatic rings. The van der Waals surface area contributed by atoms with Gasteiger partial charge in [-0.2, -0.15) is 11.8 Å². The minimum Gasteiger partial charge on any atom is -0.371 e. The van der Waals surface area contributed by atoms with Crippen LogP contribution in [-0.4, -0.2) is 50.7 Å². The molecule has 0 radical (unpaired) electrons. The Bertz CT molecular complexity index is 946. The summed E-state index contributed by atoms with van der Waals surface area (Å²) in [6.45, 7) is 4.42. The average Bonchev–Trinajstić information content (AvgIpc) is 2.76. The number of hydrogen-bond donors (Lipinski definition) is 3. The molecule has 0 spiro atoms. The largest absolute Gasteiger partial charge is 0.371 e. The van der Waals surface area contributed by atoms with Crippen LogP contribution in [0.5, 0.6) is 0 Å². The number of fused-ring (bicyclic) bond motifs is 1. The van der Waals surface area contributed by atoms with Gasteiger partial charge in [0.2, 0.25) is 5.91 Å². The van der Waals surface area contributed by atoms with E-state index >= 15 is 0 Å². The molecule has 0 fully saturated rings. The van der Waals surface area contributed by atoms with E-state index < -0.39 is 6.29 Å². The number of carbonyl (C=O) groups is 2. The highest BCUT2D eigenvalue weighted by Gasteiger charge is 2.26. The smallest absolute Gasteiger partial charge is 0.251 e. The first-order valence-electron chi connectivity index (χ1n) is 10.1. The van der Waals surface area contributed by atoms with Gasteiger partial charge in [0.25, 0.3) is 5.91 Å². The molecular weight excluding hydrogens is 414 g/mol. The number of hydrogen-bond acceptors (Lipinski definition) is 6. The van der Waals surface area contributed by atoms with E-state index in [1.807, 2.05) is 6.07 Å². The predicted molar refractivity (Wildman–Crippen MR) is 125 cm³/mol. The van der Waals surface area contributed by atoms with E-state index in [-0.39, 0.29) is 24.4 Å². The fraction of sp³-hybridized carbons (Fsp3) is 0.391. The molecule has 8 heteroatoms. The van der Waals surface area contributed by atoms with Gasteiger partial charge in [0.1, 0.15) is 6.04 Å². The van der Waals surface area contributed by atoms with Crippen molar-refractivity contribution in [3.05, 3.63) is 58.7 Å². The van der Waals surface area contributed by atoms with Crippen LogP contribution in [0.3, 0.4) is 0 Å². The number of methoxy groups -OCH3 is 2. The third-order valence-corrected chi connectivity index (χ3v) is 6.27. The predicted octanol–water partition coefficient (Wildman–Crippen LogP) is 3.32. The van der Waals surface area contributed by atoms with Crippen LogP contribution in [-0.2, 0) is 20.0 Å². The van der Waals surface area contributed by atoms with Crippen molar-refractivity contribution in [1.82, 2.24) is 5.32 Å². The Morgan fingerprint density at radius 1 is 1.13 bits per heavy atom. The number of carbonyl (C=O) groups excluding carboxylic acids is 2. The van der Waals surface area contributed by atoms with Gasteiger partial charge in [-0.15, -0.1) is 0 Å². The normalized spacial score (nSPS) is 15.3. The first-order chi connectivity index (χ1) is 14.9. The van der Waals surface area contributed by atoms with Crippen molar-refractivity contribution in [2.24, 2.45) is 0 Å². The second-order valence-corrected chi connectivity index (χ2v) is 8.53. The number of ether oxygens (including phenoxy) is 2. The van der Waals surface area contributed by atoms with Crippen molar-refractivity contribution in [3.8, 4) is 0 Å². The highest BCUT2D eigenvalue weighted by Crippen LogP contribution is 2.29. The molecule has 1 heterocycles. The number of amides is 2. The van der Waals surface area contributed by atoms with E-state index in [9.17, 15) is 9.59 Å². The van der Waals surface area contributed by atoms with E-state index in [1.54, 1.807) is 23.9 Å². The van der Waals surface area contributed by atoms with Crippen molar-refractivity contribution in [1.29, 1.82) is 0 Å². The van der Waals surface area contributed by atoms with Crippen molar-refractivity contribution in [3.63, 3.8) is 0 Å². The Morgan fingerprint density at radius 3 is 2.65 bits per heavy atom. The average molecular weight is 444 g/mol. The van der Waals surface area contributed by atoms with E-state index in [0.29, 0.717) is 17.0 Å². The van der Waals surface area contributed by atoms with Gasteiger partial charge in [0.05, 0.1) is 17.9 Å². The highest BCUT2D eigenvalue weighted by molar-refractivity contribution is 7.98. The quantitative estimate of drug-likeness (QED) is 0.516. The highest BCUT2D eigenvalue weighted by atomic mass is 32.2. The summed E-state index contributed by atoms with van der Waals surface area (Å²) in [5.41, 5.74) is 5.65. The summed E-state index contributed by atoms with van der Waals surface area (Å²) in [6, 6.07) is 11.3. The molecular formula is C23H29N3O4S. The van der Waals surface area contributed by atoms with Gasteiger partial charge in [-0.1, -0.05) is 23.8 Å². The maximum atomic E-state index is 12.6. The molecule has 31 heavy (non-hydrogen) atoms. The van der Waals surface area contributed by atoms with Crippen LogP contribution in [0, 0.1) is 13.8 Å². The summed E-state index contributed by atoms with van der Waals surface area (Å²) < 4.78 is 10.1. The maximum Gasteiger partial charge on any atom is 0.251 e. The Hall–Kier alpha value is -2.55. The van der Waals surface area contributed by atoms with Crippen LogP contribution in [0.2, 0.25) is 0 Å². The molecule has 1 aliphatic heterocycles. The first-order valence-corrected chi connectivity index (χ1v) is 11.3. The van der Waals surface area contributed by atoms with Crippen molar-refractivity contribution in [2.75, 3.05) is 37.2 Å². The van der Waals surface area contributed by atoms with Crippen molar-refractivity contribution in [2.45, 2.75) is 31.9 Å². The van der Waals surface area contributed by atoms with Crippen LogP contribution >= 0.6 is 11.8 Å². The van der Waals surface area contributed by atoms with Crippen LogP contribution in [0.25, 0.3) is 0 Å². The summed E-state index contributed by atoms with van der Waals surface area (Å²) >= 11 is 1.72. The van der Waals surface area contributed by atoms with Gasteiger partial charge in [-0.05, 0) is 43.2 Å². The van der Waals surface area contributed by atoms with Gasteiger partial charge >= 0.3 is 0 Å². The lowest BCUT2D eigenvalue weighted by Gasteiger charge is -2.27. The van der Waals surface area contributed by atoms with Crippen LogP contribution < -0.4 is 16.0 Å². The third kappa shape index (κ3) is 6.00. The molecule has 0 bridgehead atoms. The molecule has 1 atom stereocenters. The Labute approximate surface area is 187 Å². The van der Waals surface area contributed by atoms with Gasteiger partial charge < -0.3 is 25.4 Å². The molecule has 1 aliphatic rings. The van der Waals surface area contributed by atoms with Crippen molar-refractivity contribution < 1.29 is 19.1 Å². The van der Waals surface area contributed by atoms with Gasteiger partial charge in [0.15, 0.2) is 6.29 Å². The number of nitrogens with one attached hydrogen (secondary N) is 3. The fourth-order valence-electron chi connectivity index (χ4n) is 3.29. The van der Waals surface area contributed by atoms with Gasteiger partial charge in [-0.25, -0.2) is 0 Å². The molecule has 0 saturated heterocycles. The summed E-state index contributed by atoms with van der Waals surface area (Å²) in [6.07, 6.45) is -0.509. The molecule has 3 rings (SSSR count). The Morgan fingerprint density at radius 2 is 1.90 bits per heavy atom.